The summed E-state index contributed by atoms with van der Waals surface area (Å²) in [5.74, 6) is 1.70. The van der Waals surface area contributed by atoms with Gasteiger partial charge in [-0.15, -0.1) is 11.8 Å². The van der Waals surface area contributed by atoms with Gasteiger partial charge in [0.25, 0.3) is 0 Å². The minimum absolute atomic E-state index is 0.0496. The zero-order chi connectivity index (χ0) is 15.3. The van der Waals surface area contributed by atoms with E-state index in [0.29, 0.717) is 12.0 Å². The molecule has 1 aliphatic carbocycles. The maximum atomic E-state index is 9.91. The van der Waals surface area contributed by atoms with Gasteiger partial charge in [-0.1, -0.05) is 42.3 Å². The van der Waals surface area contributed by atoms with Crippen molar-refractivity contribution in [3.8, 4) is 0 Å². The average molecular weight is 372 g/mol. The van der Waals surface area contributed by atoms with Gasteiger partial charge in [-0.25, -0.2) is 0 Å². The molecule has 2 atom stereocenters. The van der Waals surface area contributed by atoms with E-state index in [1.807, 2.05) is 11.8 Å². The van der Waals surface area contributed by atoms with Crippen molar-refractivity contribution in [1.29, 1.82) is 0 Å². The fraction of sp³-hybridized carbons (Fsp3) is 0.647. The van der Waals surface area contributed by atoms with Crippen LogP contribution in [-0.2, 0) is 0 Å². The van der Waals surface area contributed by atoms with Gasteiger partial charge >= 0.3 is 0 Å². The van der Waals surface area contributed by atoms with E-state index < -0.39 is 0 Å². The summed E-state index contributed by atoms with van der Waals surface area (Å²) in [5.41, 5.74) is -0.0496. The van der Waals surface area contributed by atoms with Crippen LogP contribution >= 0.6 is 27.7 Å². The Balaban J connectivity index is 1.89. The molecule has 0 amide bonds. The van der Waals surface area contributed by atoms with Crippen molar-refractivity contribution in [2.45, 2.75) is 56.0 Å². The fourth-order valence-corrected chi connectivity index (χ4v) is 5.03. The van der Waals surface area contributed by atoms with Crippen LogP contribution in [0.3, 0.4) is 0 Å². The Morgan fingerprint density at radius 1 is 1.48 bits per heavy atom. The van der Waals surface area contributed by atoms with Crippen LogP contribution in [0.2, 0.25) is 0 Å². The highest BCUT2D eigenvalue weighted by atomic mass is 79.9. The number of hydrogen-bond acceptors (Lipinski definition) is 3. The van der Waals surface area contributed by atoms with Gasteiger partial charge in [-0.3, -0.25) is 0 Å². The Labute approximate surface area is 141 Å². The molecule has 2 nitrogen and oxygen atoms in total. The molecular formula is C17H26BrNOS. The smallest absolute Gasteiger partial charge is 0.0616 e. The number of hydrogen-bond donors (Lipinski definition) is 2. The maximum absolute atomic E-state index is 9.91. The fourth-order valence-electron chi connectivity index (χ4n) is 3.46. The molecule has 2 unspecified atom stereocenters. The lowest BCUT2D eigenvalue weighted by Crippen LogP contribution is -2.54. The molecule has 4 heteroatoms. The molecule has 0 radical (unpaired) electrons. The Hall–Kier alpha value is -0.0300. The molecule has 1 saturated carbocycles. The monoisotopic (exact) mass is 371 g/mol. The van der Waals surface area contributed by atoms with Crippen molar-refractivity contribution in [1.82, 2.24) is 5.32 Å². The molecule has 1 aromatic carbocycles. The van der Waals surface area contributed by atoms with Crippen molar-refractivity contribution < 1.29 is 5.11 Å². The number of aliphatic hydroxyl groups is 1. The van der Waals surface area contributed by atoms with Crippen molar-refractivity contribution in [3.63, 3.8) is 0 Å². The minimum atomic E-state index is -0.0496. The van der Waals surface area contributed by atoms with Crippen LogP contribution < -0.4 is 5.32 Å². The van der Waals surface area contributed by atoms with Gasteiger partial charge in [0.05, 0.1) is 6.61 Å². The molecule has 0 bridgehead atoms. The molecule has 2 N–H and O–H groups in total. The lowest BCUT2D eigenvalue weighted by Gasteiger charge is -2.37. The molecule has 0 heterocycles. The highest BCUT2D eigenvalue weighted by Gasteiger charge is 2.41. The average Bonchev–Trinajstić information content (AvgIpc) is 2.82. The van der Waals surface area contributed by atoms with Crippen LogP contribution in [0.1, 0.15) is 39.5 Å². The van der Waals surface area contributed by atoms with Crippen LogP contribution in [0, 0.1) is 5.92 Å². The van der Waals surface area contributed by atoms with Gasteiger partial charge in [-0.2, -0.15) is 0 Å². The number of halogens is 1. The topological polar surface area (TPSA) is 32.3 Å². The quantitative estimate of drug-likeness (QED) is 0.693. The van der Waals surface area contributed by atoms with Crippen LogP contribution in [0.4, 0.5) is 0 Å². The predicted octanol–water partition coefficient (Wildman–Crippen LogP) is 4.46. The lowest BCUT2D eigenvalue weighted by molar-refractivity contribution is 0.113. The molecule has 0 aromatic heterocycles. The predicted molar refractivity (Wildman–Crippen MR) is 94.9 cm³/mol. The summed E-state index contributed by atoms with van der Waals surface area (Å²) in [7, 11) is 0. The van der Waals surface area contributed by atoms with E-state index in [2.05, 4.69) is 59.4 Å². The van der Waals surface area contributed by atoms with Crippen LogP contribution in [0.5, 0.6) is 0 Å². The van der Waals surface area contributed by atoms with Gasteiger partial charge < -0.3 is 10.4 Å². The standard InChI is InChI=1S/C17H26BrNOS/c1-13(2)19-17(12-20)9-4-5-14(17)8-10-21-16-7-3-6-15(18)11-16/h3,6-7,11,13-14,19-20H,4-5,8-10,12H2,1-2H3. The molecule has 0 aliphatic heterocycles. The van der Waals surface area contributed by atoms with Gasteiger partial charge in [-0.05, 0) is 49.1 Å². The number of nitrogens with one attached hydrogen (secondary N) is 1. The van der Waals surface area contributed by atoms with E-state index in [-0.39, 0.29) is 12.1 Å². The molecule has 1 fully saturated rings. The molecule has 118 valence electrons. The molecule has 1 aromatic rings. The van der Waals surface area contributed by atoms with E-state index >= 15 is 0 Å². The molecular weight excluding hydrogens is 346 g/mol. The Morgan fingerprint density at radius 2 is 2.29 bits per heavy atom. The Morgan fingerprint density at radius 3 is 2.95 bits per heavy atom. The number of thioether (sulfide) groups is 1. The molecule has 21 heavy (non-hydrogen) atoms. The van der Waals surface area contributed by atoms with Crippen molar-refractivity contribution in [2.24, 2.45) is 5.92 Å². The van der Waals surface area contributed by atoms with E-state index in [1.54, 1.807) is 0 Å². The summed E-state index contributed by atoms with van der Waals surface area (Å²) >= 11 is 5.43. The summed E-state index contributed by atoms with van der Waals surface area (Å²) in [6.45, 7) is 4.60. The van der Waals surface area contributed by atoms with Crippen LogP contribution in [0.15, 0.2) is 33.6 Å². The van der Waals surface area contributed by atoms with Gasteiger partial charge in [0.15, 0.2) is 0 Å². The SMILES string of the molecule is CC(C)NC1(CO)CCCC1CCSc1cccc(Br)c1. The summed E-state index contributed by atoms with van der Waals surface area (Å²) in [5, 5.41) is 13.6. The first-order valence-electron chi connectivity index (χ1n) is 7.83. The second kappa shape index (κ2) is 8.00. The van der Waals surface area contributed by atoms with E-state index in [0.717, 1.165) is 23.1 Å². The maximum Gasteiger partial charge on any atom is 0.0616 e. The summed E-state index contributed by atoms with van der Waals surface area (Å²) in [4.78, 5) is 1.31. The number of benzene rings is 1. The van der Waals surface area contributed by atoms with E-state index in [1.165, 1.54) is 17.7 Å². The van der Waals surface area contributed by atoms with Crippen molar-refractivity contribution in [3.05, 3.63) is 28.7 Å². The Bertz CT molecular complexity index is 454. The number of rotatable bonds is 7. The van der Waals surface area contributed by atoms with E-state index in [9.17, 15) is 5.11 Å². The third-order valence-corrected chi connectivity index (χ3v) is 5.87. The third-order valence-electron chi connectivity index (χ3n) is 4.35. The minimum Gasteiger partial charge on any atom is -0.394 e. The van der Waals surface area contributed by atoms with Gasteiger partial charge in [0.1, 0.15) is 0 Å². The first-order valence-corrected chi connectivity index (χ1v) is 9.60. The largest absolute Gasteiger partial charge is 0.394 e. The van der Waals surface area contributed by atoms with Crippen LogP contribution in [-0.4, -0.2) is 29.0 Å². The zero-order valence-electron chi connectivity index (χ0n) is 12.9. The van der Waals surface area contributed by atoms with Gasteiger partial charge in [0, 0.05) is 20.9 Å². The highest BCUT2D eigenvalue weighted by molar-refractivity contribution is 9.10. The molecule has 0 spiro atoms. The van der Waals surface area contributed by atoms with Crippen molar-refractivity contribution in [2.75, 3.05) is 12.4 Å². The lowest BCUT2D eigenvalue weighted by atomic mass is 9.85. The normalized spacial score (nSPS) is 25.7. The second-order valence-electron chi connectivity index (χ2n) is 6.30. The summed E-state index contributed by atoms with van der Waals surface area (Å²) in [6, 6.07) is 8.90. The summed E-state index contributed by atoms with van der Waals surface area (Å²) < 4.78 is 1.14. The third kappa shape index (κ3) is 4.72. The first-order chi connectivity index (χ1) is 10.1. The van der Waals surface area contributed by atoms with Gasteiger partial charge in [0.2, 0.25) is 0 Å². The zero-order valence-corrected chi connectivity index (χ0v) is 15.3. The molecule has 2 rings (SSSR count). The first kappa shape index (κ1) is 17.3. The van der Waals surface area contributed by atoms with E-state index in [4.69, 9.17) is 0 Å². The molecule has 1 aliphatic rings. The highest BCUT2D eigenvalue weighted by Crippen LogP contribution is 2.39. The molecule has 0 saturated heterocycles. The second-order valence-corrected chi connectivity index (χ2v) is 8.38. The summed E-state index contributed by atoms with van der Waals surface area (Å²) in [6.07, 6.45) is 4.73. The van der Waals surface area contributed by atoms with Crippen molar-refractivity contribution >= 4 is 27.7 Å². The number of aliphatic hydroxyl groups excluding tert-OH is 1. The Kier molecular flexibility index (Phi) is 6.60. The van der Waals surface area contributed by atoms with Crippen LogP contribution in [0.25, 0.3) is 0 Å².